The molecule has 0 aliphatic rings. The molecule has 0 amide bonds. The molecule has 10 aromatic rings. The Labute approximate surface area is 299 Å². The van der Waals surface area contributed by atoms with Gasteiger partial charge in [0.1, 0.15) is 11.2 Å². The van der Waals surface area contributed by atoms with Gasteiger partial charge in [-0.3, -0.25) is 0 Å². The maximum atomic E-state index is 9.52. The summed E-state index contributed by atoms with van der Waals surface area (Å²) in [6, 6.07) is 32.4. The van der Waals surface area contributed by atoms with Crippen LogP contribution in [0.2, 0.25) is 0 Å². The molecule has 1 aromatic heterocycles. The van der Waals surface area contributed by atoms with Crippen LogP contribution in [0.3, 0.4) is 0 Å². The second kappa shape index (κ2) is 11.1. The van der Waals surface area contributed by atoms with Crippen LogP contribution in [0.15, 0.2) is 186 Å². The normalized spacial score (nSPS) is 14.8. The summed E-state index contributed by atoms with van der Waals surface area (Å²) < 4.78 is 104. The Morgan fingerprint density at radius 3 is 1.59 bits per heavy atom. The van der Waals surface area contributed by atoms with Crippen LogP contribution in [0, 0.1) is 0 Å². The SMILES string of the molecule is [2H]c1c([2H])c([2H])c(-c2c([2H])c([2H])c3c(oc4c([2H])c([2H])c([2H])c(-c5c6ccccc6c(-c6ccc(-c7ccccc7)c7ccccc67)c6ccccc56)c43)c2[2H])c([2H])c1[2H]. The Hall–Kier alpha value is -6.44. The molecule has 10 rings (SSSR count). The lowest BCUT2D eigenvalue weighted by atomic mass is 9.83. The zero-order valence-electron chi connectivity index (χ0n) is 36.9. The summed E-state index contributed by atoms with van der Waals surface area (Å²) in [6.07, 6.45) is 0. The summed E-state index contributed by atoms with van der Waals surface area (Å²) in [5, 5.41) is 5.32. The van der Waals surface area contributed by atoms with Crippen molar-refractivity contribution in [1.29, 1.82) is 0 Å². The summed E-state index contributed by atoms with van der Waals surface area (Å²) in [5.41, 5.74) is 3.63. The van der Waals surface area contributed by atoms with Crippen LogP contribution < -0.4 is 0 Å². The van der Waals surface area contributed by atoms with E-state index in [1.165, 1.54) is 0 Å². The highest BCUT2D eigenvalue weighted by Crippen LogP contribution is 2.48. The Balaban J connectivity index is 1.34. The topological polar surface area (TPSA) is 13.1 Å². The van der Waals surface area contributed by atoms with Gasteiger partial charge in [0.05, 0.1) is 15.1 Å². The molecule has 0 N–H and O–H groups in total. The molecule has 1 heteroatoms. The van der Waals surface area contributed by atoms with E-state index < -0.39 is 66.0 Å². The van der Waals surface area contributed by atoms with Gasteiger partial charge in [-0.2, -0.15) is 0 Å². The average Bonchev–Trinajstić information content (AvgIpc) is 3.68. The molecule has 0 aliphatic carbocycles. The maximum absolute atomic E-state index is 9.52. The van der Waals surface area contributed by atoms with Gasteiger partial charge in [-0.05, 0) is 95.0 Å². The molecule has 0 saturated carbocycles. The molecule has 0 radical (unpaired) electrons. The van der Waals surface area contributed by atoms with Gasteiger partial charge in [0.2, 0.25) is 0 Å². The molecular formula is C48H30O. The van der Waals surface area contributed by atoms with Crippen LogP contribution in [-0.4, -0.2) is 0 Å². The molecule has 0 fully saturated rings. The van der Waals surface area contributed by atoms with Gasteiger partial charge in [0.15, 0.2) is 0 Å². The molecule has 0 bridgehead atoms. The third kappa shape index (κ3) is 4.33. The summed E-state index contributed by atoms with van der Waals surface area (Å²) in [6.45, 7) is 0. The Morgan fingerprint density at radius 1 is 0.347 bits per heavy atom. The highest BCUT2D eigenvalue weighted by atomic mass is 16.3. The first-order valence-electron chi connectivity index (χ1n) is 21.5. The second-order valence-corrected chi connectivity index (χ2v) is 11.9. The fourth-order valence-corrected chi connectivity index (χ4v) is 7.21. The van der Waals surface area contributed by atoms with Gasteiger partial charge in [-0.25, -0.2) is 0 Å². The number of rotatable bonds is 4. The van der Waals surface area contributed by atoms with E-state index in [0.29, 0.717) is 5.56 Å². The van der Waals surface area contributed by atoms with Crippen LogP contribution >= 0.6 is 0 Å². The molecule has 0 atom stereocenters. The van der Waals surface area contributed by atoms with Gasteiger partial charge in [-0.15, -0.1) is 0 Å². The Bertz CT molecular complexity index is 3420. The molecule has 0 aliphatic heterocycles. The van der Waals surface area contributed by atoms with Crippen molar-refractivity contribution in [3.8, 4) is 44.5 Å². The van der Waals surface area contributed by atoms with Gasteiger partial charge in [-0.1, -0.05) is 164 Å². The van der Waals surface area contributed by atoms with Crippen LogP contribution in [0.1, 0.15) is 15.1 Å². The van der Waals surface area contributed by atoms with E-state index in [1.54, 1.807) is 0 Å². The number of fused-ring (bicyclic) bond motifs is 6. The van der Waals surface area contributed by atoms with E-state index in [4.69, 9.17) is 14.0 Å². The number of hydrogen-bond acceptors (Lipinski definition) is 1. The maximum Gasteiger partial charge on any atom is 0.136 e. The zero-order chi connectivity index (χ0) is 41.9. The smallest absolute Gasteiger partial charge is 0.136 e. The fourth-order valence-electron chi connectivity index (χ4n) is 7.21. The molecule has 228 valence electrons. The van der Waals surface area contributed by atoms with E-state index in [0.717, 1.165) is 54.6 Å². The van der Waals surface area contributed by atoms with Crippen molar-refractivity contribution < 1.29 is 19.5 Å². The van der Waals surface area contributed by atoms with Crippen molar-refractivity contribution in [3.05, 3.63) is 182 Å². The third-order valence-corrected chi connectivity index (χ3v) is 9.28. The quantitative estimate of drug-likeness (QED) is 0.176. The molecule has 1 nitrogen and oxygen atoms in total. The predicted molar refractivity (Wildman–Crippen MR) is 208 cm³/mol. The highest BCUT2D eigenvalue weighted by Gasteiger charge is 2.21. The predicted octanol–water partition coefficient (Wildman–Crippen LogP) is 13.7. The molecule has 49 heavy (non-hydrogen) atoms. The summed E-state index contributed by atoms with van der Waals surface area (Å²) >= 11 is 0. The van der Waals surface area contributed by atoms with Gasteiger partial charge in [0.25, 0.3) is 0 Å². The van der Waals surface area contributed by atoms with E-state index in [-0.39, 0.29) is 39.1 Å². The molecule has 0 saturated heterocycles. The molecule has 9 aromatic carbocycles. The highest BCUT2D eigenvalue weighted by molar-refractivity contribution is 6.27. The van der Waals surface area contributed by atoms with Crippen LogP contribution in [0.4, 0.5) is 0 Å². The summed E-state index contributed by atoms with van der Waals surface area (Å²) in [5.74, 6) is 0. The lowest BCUT2D eigenvalue weighted by molar-refractivity contribution is 0.669. The number of benzene rings is 9. The standard InChI is InChI=1S/C48H30O/c1-3-14-31(15-4-1)33-26-27-42-45(30-33)49-44-25-13-24-43(48(42)44)47-39-22-11-9-20-37(39)46(38-21-10-12-23-40(38)47)41-29-28-34(32-16-5-2-6-17-32)35-18-7-8-19-36(35)41/h1-30H/i1D,3D,4D,13D,14D,15D,24D,25D,26D,27D,30D. The van der Waals surface area contributed by atoms with E-state index in [9.17, 15) is 5.48 Å². The van der Waals surface area contributed by atoms with Crippen LogP contribution in [-0.2, 0) is 0 Å². The van der Waals surface area contributed by atoms with Crippen molar-refractivity contribution >= 4 is 54.3 Å². The van der Waals surface area contributed by atoms with E-state index in [1.807, 2.05) is 78.9 Å². The van der Waals surface area contributed by atoms with Gasteiger partial charge >= 0.3 is 0 Å². The second-order valence-electron chi connectivity index (χ2n) is 11.9. The first-order chi connectivity index (χ1) is 28.9. The lowest BCUT2D eigenvalue weighted by Gasteiger charge is -2.20. The fraction of sp³-hybridized carbons (Fsp3) is 0. The van der Waals surface area contributed by atoms with Crippen molar-refractivity contribution in [2.75, 3.05) is 0 Å². The van der Waals surface area contributed by atoms with Crippen LogP contribution in [0.25, 0.3) is 98.8 Å². The lowest BCUT2D eigenvalue weighted by Crippen LogP contribution is -1.92. The summed E-state index contributed by atoms with van der Waals surface area (Å²) in [4.78, 5) is 0. The van der Waals surface area contributed by atoms with E-state index in [2.05, 4.69) is 36.4 Å². The molecule has 0 unspecified atom stereocenters. The number of furan rings is 1. The first kappa shape index (κ1) is 18.8. The van der Waals surface area contributed by atoms with Crippen molar-refractivity contribution in [2.45, 2.75) is 0 Å². The first-order valence-corrected chi connectivity index (χ1v) is 16.0. The van der Waals surface area contributed by atoms with Crippen LogP contribution in [0.5, 0.6) is 0 Å². The van der Waals surface area contributed by atoms with Crippen molar-refractivity contribution in [1.82, 2.24) is 0 Å². The third-order valence-electron chi connectivity index (χ3n) is 9.28. The molecule has 0 spiro atoms. The monoisotopic (exact) mass is 633 g/mol. The minimum Gasteiger partial charge on any atom is -0.456 e. The molecular weight excluding hydrogens is 593 g/mol. The minimum absolute atomic E-state index is 0.0483. The van der Waals surface area contributed by atoms with E-state index >= 15 is 0 Å². The summed E-state index contributed by atoms with van der Waals surface area (Å²) in [7, 11) is 0. The minimum atomic E-state index is -0.656. The van der Waals surface area contributed by atoms with Crippen molar-refractivity contribution in [2.24, 2.45) is 0 Å². The largest absolute Gasteiger partial charge is 0.456 e. The Kier molecular flexibility index (Phi) is 4.25. The molecule has 1 heterocycles. The van der Waals surface area contributed by atoms with Gasteiger partial charge < -0.3 is 4.42 Å². The van der Waals surface area contributed by atoms with Crippen molar-refractivity contribution in [3.63, 3.8) is 0 Å². The number of hydrogen-bond donors (Lipinski definition) is 0. The average molecular weight is 634 g/mol. The van der Waals surface area contributed by atoms with Gasteiger partial charge in [0, 0.05) is 10.8 Å². The Morgan fingerprint density at radius 2 is 0.918 bits per heavy atom. The zero-order valence-corrected chi connectivity index (χ0v) is 25.9.